The normalized spacial score (nSPS) is 11.3. The van der Waals surface area contributed by atoms with E-state index in [1.54, 1.807) is 30.3 Å². The maximum atomic E-state index is 12.5. The van der Waals surface area contributed by atoms with Crippen LogP contribution in [0.5, 0.6) is 5.75 Å². The van der Waals surface area contributed by atoms with Gasteiger partial charge in [-0.1, -0.05) is 12.1 Å². The van der Waals surface area contributed by atoms with Gasteiger partial charge in [-0.25, -0.2) is 8.42 Å². The number of rotatable bonds is 7. The number of benzene rings is 2. The summed E-state index contributed by atoms with van der Waals surface area (Å²) in [6.07, 6.45) is 1.16. The predicted octanol–water partition coefficient (Wildman–Crippen LogP) is 3.50. The van der Waals surface area contributed by atoms with Gasteiger partial charge < -0.3 is 10.1 Å². The van der Waals surface area contributed by atoms with Crippen LogP contribution >= 0.6 is 0 Å². The molecule has 0 unspecified atom stereocenters. The molecule has 2 aromatic rings. The minimum Gasteiger partial charge on any atom is -0.491 e. The number of sulfonamides is 1. The number of aryl methyl sites for hydroxylation is 2. The molecule has 2 rings (SSSR count). The monoisotopic (exact) mass is 390 g/mol. The summed E-state index contributed by atoms with van der Waals surface area (Å²) in [4.78, 5) is 12.5. The molecule has 0 aromatic heterocycles. The molecule has 0 aliphatic heterocycles. The summed E-state index contributed by atoms with van der Waals surface area (Å²) in [5, 5.41) is 2.73. The van der Waals surface area contributed by atoms with Gasteiger partial charge in [-0.2, -0.15) is 0 Å². The van der Waals surface area contributed by atoms with Gasteiger partial charge in [0.1, 0.15) is 12.3 Å². The van der Waals surface area contributed by atoms with Gasteiger partial charge in [-0.05, 0) is 69.2 Å². The number of hydrogen-bond donors (Lipinski definition) is 1. The van der Waals surface area contributed by atoms with E-state index in [2.05, 4.69) is 5.32 Å². The van der Waals surface area contributed by atoms with Crippen LogP contribution in [0.25, 0.3) is 0 Å². The van der Waals surface area contributed by atoms with Gasteiger partial charge in [-0.3, -0.25) is 9.10 Å². The Bertz CT molecular complexity index is 906. The molecule has 7 heteroatoms. The Morgan fingerprint density at radius 2 is 1.74 bits per heavy atom. The van der Waals surface area contributed by atoms with Crippen molar-refractivity contribution in [2.24, 2.45) is 0 Å². The van der Waals surface area contributed by atoms with Crippen LogP contribution in [-0.4, -0.2) is 33.2 Å². The fourth-order valence-electron chi connectivity index (χ4n) is 2.59. The summed E-state index contributed by atoms with van der Waals surface area (Å²) in [6, 6.07) is 12.5. The van der Waals surface area contributed by atoms with Crippen molar-refractivity contribution in [1.29, 1.82) is 0 Å². The molecule has 0 heterocycles. The number of nitrogens with one attached hydrogen (secondary N) is 1. The lowest BCUT2D eigenvalue weighted by Crippen LogP contribution is -2.37. The zero-order valence-electron chi connectivity index (χ0n) is 16.3. The Morgan fingerprint density at radius 3 is 2.30 bits per heavy atom. The zero-order valence-corrected chi connectivity index (χ0v) is 17.1. The molecule has 146 valence electrons. The molecule has 0 aliphatic rings. The predicted molar refractivity (Wildman–Crippen MR) is 109 cm³/mol. The Balaban J connectivity index is 2.16. The molecule has 0 fully saturated rings. The molecule has 2 aromatic carbocycles. The summed E-state index contributed by atoms with van der Waals surface area (Å²) >= 11 is 0. The Morgan fingerprint density at radius 1 is 1.11 bits per heavy atom. The first-order chi connectivity index (χ1) is 12.6. The molecule has 0 saturated carbocycles. The molecule has 0 aliphatic carbocycles. The smallest absolute Gasteiger partial charge is 0.245 e. The fraction of sp³-hybridized carbons (Fsp3) is 0.350. The summed E-state index contributed by atoms with van der Waals surface area (Å²) in [5.74, 6) is 0.287. The van der Waals surface area contributed by atoms with Crippen molar-refractivity contribution in [3.8, 4) is 5.75 Å². The summed E-state index contributed by atoms with van der Waals surface area (Å²) in [6.45, 7) is 7.27. The van der Waals surface area contributed by atoms with Crippen LogP contribution in [0.1, 0.15) is 25.0 Å². The van der Waals surface area contributed by atoms with Gasteiger partial charge in [0.25, 0.3) is 0 Å². The van der Waals surface area contributed by atoms with E-state index in [4.69, 9.17) is 4.74 Å². The van der Waals surface area contributed by atoms with Crippen LogP contribution in [0.2, 0.25) is 0 Å². The molecule has 6 nitrogen and oxygen atoms in total. The second-order valence-electron chi connectivity index (χ2n) is 6.80. The second-order valence-corrected chi connectivity index (χ2v) is 8.71. The number of carbonyl (C=O) groups is 1. The lowest BCUT2D eigenvalue weighted by molar-refractivity contribution is -0.114. The van der Waals surface area contributed by atoms with Crippen LogP contribution in [0.3, 0.4) is 0 Å². The van der Waals surface area contributed by atoms with Gasteiger partial charge in [-0.15, -0.1) is 0 Å². The van der Waals surface area contributed by atoms with Crippen molar-refractivity contribution in [2.45, 2.75) is 33.8 Å². The minimum absolute atomic E-state index is 0.0614. The highest BCUT2D eigenvalue weighted by Gasteiger charge is 2.22. The van der Waals surface area contributed by atoms with Gasteiger partial charge in [0.2, 0.25) is 15.9 Å². The Hall–Kier alpha value is -2.54. The molecule has 1 amide bonds. The van der Waals surface area contributed by atoms with Crippen LogP contribution < -0.4 is 14.4 Å². The van der Waals surface area contributed by atoms with E-state index in [0.29, 0.717) is 17.1 Å². The first kappa shape index (κ1) is 20.8. The SMILES string of the molecule is Cc1ccc(C)c(N(CC(=O)Nc2ccc(OC(C)C)cc2)S(C)(=O)=O)c1. The van der Waals surface area contributed by atoms with E-state index in [9.17, 15) is 13.2 Å². The third-order valence-electron chi connectivity index (χ3n) is 3.83. The lowest BCUT2D eigenvalue weighted by Gasteiger charge is -2.24. The Labute approximate surface area is 161 Å². The van der Waals surface area contributed by atoms with Gasteiger partial charge in [0.15, 0.2) is 0 Å². The summed E-state index contributed by atoms with van der Waals surface area (Å²) < 4.78 is 31.2. The number of ether oxygens (including phenoxy) is 1. The first-order valence-electron chi connectivity index (χ1n) is 8.68. The fourth-order valence-corrected chi connectivity index (χ4v) is 3.49. The Kier molecular flexibility index (Phi) is 6.49. The topological polar surface area (TPSA) is 75.7 Å². The van der Waals surface area contributed by atoms with E-state index in [0.717, 1.165) is 21.7 Å². The van der Waals surface area contributed by atoms with Crippen molar-refractivity contribution in [3.63, 3.8) is 0 Å². The lowest BCUT2D eigenvalue weighted by atomic mass is 10.1. The van der Waals surface area contributed by atoms with Crippen molar-refractivity contribution in [3.05, 3.63) is 53.6 Å². The van der Waals surface area contributed by atoms with Gasteiger partial charge in [0.05, 0.1) is 18.0 Å². The second kappa shape index (κ2) is 8.43. The maximum absolute atomic E-state index is 12.5. The number of hydrogen-bond acceptors (Lipinski definition) is 4. The van der Waals surface area contributed by atoms with E-state index in [-0.39, 0.29) is 12.6 Å². The van der Waals surface area contributed by atoms with Crippen molar-refractivity contribution >= 4 is 27.3 Å². The molecular formula is C20H26N2O4S. The van der Waals surface area contributed by atoms with Crippen molar-refractivity contribution < 1.29 is 17.9 Å². The van der Waals surface area contributed by atoms with E-state index in [1.807, 2.05) is 39.8 Å². The average Bonchev–Trinajstić information content (AvgIpc) is 2.55. The highest BCUT2D eigenvalue weighted by Crippen LogP contribution is 2.24. The highest BCUT2D eigenvalue weighted by molar-refractivity contribution is 7.92. The molecule has 0 radical (unpaired) electrons. The summed E-state index contributed by atoms with van der Waals surface area (Å²) in [7, 11) is -3.61. The van der Waals surface area contributed by atoms with Gasteiger partial charge >= 0.3 is 0 Å². The van der Waals surface area contributed by atoms with Crippen molar-refractivity contribution in [1.82, 2.24) is 0 Å². The molecule has 0 spiro atoms. The van der Waals surface area contributed by atoms with E-state index >= 15 is 0 Å². The average molecular weight is 391 g/mol. The largest absolute Gasteiger partial charge is 0.491 e. The molecule has 0 atom stereocenters. The molecular weight excluding hydrogens is 364 g/mol. The summed E-state index contributed by atoms with van der Waals surface area (Å²) in [5.41, 5.74) is 2.79. The number of nitrogens with zero attached hydrogens (tertiary/aromatic N) is 1. The van der Waals surface area contributed by atoms with Crippen molar-refractivity contribution in [2.75, 3.05) is 22.4 Å². The molecule has 1 N–H and O–H groups in total. The molecule has 27 heavy (non-hydrogen) atoms. The highest BCUT2D eigenvalue weighted by atomic mass is 32.2. The molecule has 0 bridgehead atoms. The minimum atomic E-state index is -3.61. The number of anilines is 2. The third-order valence-corrected chi connectivity index (χ3v) is 4.96. The van der Waals surface area contributed by atoms with Crippen LogP contribution in [0.15, 0.2) is 42.5 Å². The van der Waals surface area contributed by atoms with Crippen LogP contribution in [0, 0.1) is 13.8 Å². The standard InChI is InChI=1S/C20H26N2O4S/c1-14(2)26-18-10-8-17(9-11-18)21-20(23)13-22(27(5,24)25)19-12-15(3)6-7-16(19)4/h6-12,14H,13H2,1-5H3,(H,21,23). The molecule has 0 saturated heterocycles. The third kappa shape index (κ3) is 5.99. The van der Waals surface area contributed by atoms with E-state index < -0.39 is 15.9 Å². The number of carbonyl (C=O) groups excluding carboxylic acids is 1. The zero-order chi connectivity index (χ0) is 20.2. The number of amides is 1. The van der Waals surface area contributed by atoms with Crippen LogP contribution in [0.4, 0.5) is 11.4 Å². The first-order valence-corrected chi connectivity index (χ1v) is 10.5. The quantitative estimate of drug-likeness (QED) is 0.785. The van der Waals surface area contributed by atoms with Crippen LogP contribution in [-0.2, 0) is 14.8 Å². The van der Waals surface area contributed by atoms with Gasteiger partial charge in [0, 0.05) is 5.69 Å². The maximum Gasteiger partial charge on any atom is 0.245 e. The van der Waals surface area contributed by atoms with E-state index in [1.165, 1.54) is 0 Å².